The molecule has 0 radical (unpaired) electrons. The fourth-order valence-electron chi connectivity index (χ4n) is 3.81. The Morgan fingerprint density at radius 3 is 2.12 bits per heavy atom. The number of hydrogen-bond donors (Lipinski definition) is 4. The van der Waals surface area contributed by atoms with Crippen LogP contribution in [0.5, 0.6) is 5.95 Å². The van der Waals surface area contributed by atoms with Gasteiger partial charge in [-0.15, -0.1) is 0 Å². The first-order valence-corrected chi connectivity index (χ1v) is 12.2. The maximum atomic E-state index is 12.1. The molecule has 9 nitrogen and oxygen atoms in total. The van der Waals surface area contributed by atoms with Crippen molar-refractivity contribution >= 4 is 5.97 Å². The van der Waals surface area contributed by atoms with Gasteiger partial charge in [0.15, 0.2) is 0 Å². The number of rotatable bonds is 16. The van der Waals surface area contributed by atoms with Crippen LogP contribution >= 0.6 is 0 Å². The second-order valence-electron chi connectivity index (χ2n) is 8.61. The van der Waals surface area contributed by atoms with E-state index < -0.39 is 43.1 Å². The van der Waals surface area contributed by atoms with E-state index in [1.54, 1.807) is 0 Å². The zero-order valence-corrected chi connectivity index (χ0v) is 19.6. The third kappa shape index (κ3) is 9.25. The van der Waals surface area contributed by atoms with Crippen LogP contribution in [0.25, 0.3) is 0 Å². The van der Waals surface area contributed by atoms with Gasteiger partial charge in [-0.05, 0) is 12.5 Å². The van der Waals surface area contributed by atoms with Crippen LogP contribution in [0.4, 0.5) is 0 Å². The van der Waals surface area contributed by atoms with E-state index in [0.717, 1.165) is 19.3 Å². The van der Waals surface area contributed by atoms with Gasteiger partial charge in [-0.1, -0.05) is 64.7 Å². The van der Waals surface area contributed by atoms with Gasteiger partial charge in [0.2, 0.25) is 5.76 Å². The van der Waals surface area contributed by atoms with Gasteiger partial charge in [0.1, 0.15) is 37.1 Å². The van der Waals surface area contributed by atoms with Crippen LogP contribution in [-0.2, 0) is 9.47 Å². The van der Waals surface area contributed by atoms with E-state index in [9.17, 15) is 25.2 Å². The highest BCUT2D eigenvalue weighted by atomic mass is 16.6. The van der Waals surface area contributed by atoms with Crippen molar-refractivity contribution in [3.63, 3.8) is 0 Å². The first-order valence-electron chi connectivity index (χ1n) is 12.2. The summed E-state index contributed by atoms with van der Waals surface area (Å²) in [5, 5.41) is 38.9. The lowest BCUT2D eigenvalue weighted by Gasteiger charge is -2.39. The molecule has 5 atom stereocenters. The maximum Gasteiger partial charge on any atom is 0.374 e. The number of carbonyl (C=O) groups is 1. The van der Waals surface area contributed by atoms with Gasteiger partial charge < -0.3 is 39.1 Å². The number of hydrogen-bond acceptors (Lipinski definition) is 9. The molecular weight excluding hydrogens is 432 g/mol. The molecule has 1 saturated heterocycles. The zero-order chi connectivity index (χ0) is 24.1. The smallest absolute Gasteiger partial charge is 0.374 e. The summed E-state index contributed by atoms with van der Waals surface area (Å²) in [5.74, 6) is -0.544. The fourth-order valence-corrected chi connectivity index (χ4v) is 3.81. The molecule has 190 valence electrons. The largest absolute Gasteiger partial charge is 0.462 e. The van der Waals surface area contributed by atoms with E-state index in [2.05, 4.69) is 6.92 Å². The summed E-state index contributed by atoms with van der Waals surface area (Å²) in [6.45, 7) is 1.83. The molecule has 0 aromatic carbocycles. The summed E-state index contributed by atoms with van der Waals surface area (Å²) in [6, 6.07) is 2.88. The number of aliphatic hydroxyl groups excluding tert-OH is 4. The molecule has 2 heterocycles. The van der Waals surface area contributed by atoms with Crippen molar-refractivity contribution in [1.29, 1.82) is 0 Å². The molecular formula is C24H40O9. The number of carbonyl (C=O) groups excluding carboxylic acids is 1. The summed E-state index contributed by atoms with van der Waals surface area (Å²) >= 11 is 0. The number of ether oxygens (including phenoxy) is 3. The number of aliphatic hydroxyl groups is 4. The molecule has 4 N–H and O–H groups in total. The van der Waals surface area contributed by atoms with Gasteiger partial charge in [0.25, 0.3) is 5.95 Å². The molecule has 0 unspecified atom stereocenters. The minimum Gasteiger partial charge on any atom is -0.462 e. The first kappa shape index (κ1) is 27.6. The highest BCUT2D eigenvalue weighted by Gasteiger charge is 2.43. The first-order chi connectivity index (χ1) is 16.0. The van der Waals surface area contributed by atoms with E-state index in [1.807, 2.05) is 0 Å². The molecule has 0 amide bonds. The third-order valence-corrected chi connectivity index (χ3v) is 5.89. The van der Waals surface area contributed by atoms with Crippen LogP contribution in [0, 0.1) is 0 Å². The standard InChI is InChI=1S/C24H40O9/c1-2-3-4-5-6-7-8-9-10-11-14-30-24(29)17-12-13-20(33-17)31-16-19-22(27)23(28)21(26)18(15-25)32-19/h12-13,18-19,21-23,25-28H,2-11,14-16H2,1H3/t18-,19-,21-,22+,23+/m1/s1. The van der Waals surface area contributed by atoms with Gasteiger partial charge in [0.05, 0.1) is 13.2 Å². The van der Waals surface area contributed by atoms with E-state index >= 15 is 0 Å². The average Bonchev–Trinajstić information content (AvgIpc) is 3.30. The predicted octanol–water partition coefficient (Wildman–Crippen LogP) is 2.58. The molecule has 0 saturated carbocycles. The summed E-state index contributed by atoms with van der Waals surface area (Å²) in [4.78, 5) is 12.1. The van der Waals surface area contributed by atoms with Crippen LogP contribution in [0.15, 0.2) is 16.5 Å². The van der Waals surface area contributed by atoms with Crippen molar-refractivity contribution in [2.45, 2.75) is 102 Å². The highest BCUT2D eigenvalue weighted by molar-refractivity contribution is 5.86. The van der Waals surface area contributed by atoms with Crippen molar-refractivity contribution < 1.29 is 43.8 Å². The number of furan rings is 1. The summed E-state index contributed by atoms with van der Waals surface area (Å²) < 4.78 is 21.3. The van der Waals surface area contributed by atoms with Crippen LogP contribution < -0.4 is 4.74 Å². The van der Waals surface area contributed by atoms with Crippen LogP contribution in [0.3, 0.4) is 0 Å². The molecule has 0 aliphatic carbocycles. The van der Waals surface area contributed by atoms with Crippen molar-refractivity contribution in [1.82, 2.24) is 0 Å². The molecule has 2 rings (SSSR count). The molecule has 1 aromatic rings. The Balaban J connectivity index is 1.60. The molecule has 0 spiro atoms. The SMILES string of the molecule is CCCCCCCCCCCCOC(=O)c1ccc(OC[C@H]2O[C@H](CO)[C@@H](O)[C@H](O)[C@H]2O)o1. The van der Waals surface area contributed by atoms with Gasteiger partial charge >= 0.3 is 5.97 Å². The lowest BCUT2D eigenvalue weighted by Crippen LogP contribution is -2.59. The van der Waals surface area contributed by atoms with Gasteiger partial charge in [0, 0.05) is 6.07 Å². The number of esters is 1. The average molecular weight is 473 g/mol. The predicted molar refractivity (Wildman–Crippen MR) is 120 cm³/mol. The van der Waals surface area contributed by atoms with E-state index in [1.165, 1.54) is 57.1 Å². The summed E-state index contributed by atoms with van der Waals surface area (Å²) in [5.41, 5.74) is 0. The third-order valence-electron chi connectivity index (χ3n) is 5.89. The lowest BCUT2D eigenvalue weighted by molar-refractivity contribution is -0.234. The maximum absolute atomic E-state index is 12.1. The Morgan fingerprint density at radius 1 is 0.879 bits per heavy atom. The van der Waals surface area contributed by atoms with Crippen LogP contribution in [0.2, 0.25) is 0 Å². The molecule has 1 aliphatic rings. The Morgan fingerprint density at radius 2 is 1.48 bits per heavy atom. The normalized spacial score (nSPS) is 25.2. The summed E-state index contributed by atoms with van der Waals surface area (Å²) in [7, 11) is 0. The molecule has 9 heteroatoms. The second kappa shape index (κ2) is 15.3. The van der Waals surface area contributed by atoms with Gasteiger partial charge in [-0.3, -0.25) is 0 Å². The van der Waals surface area contributed by atoms with Crippen LogP contribution in [-0.4, -0.2) is 76.7 Å². The second-order valence-corrected chi connectivity index (χ2v) is 8.61. The van der Waals surface area contributed by atoms with E-state index in [-0.39, 0.29) is 18.3 Å². The zero-order valence-electron chi connectivity index (χ0n) is 19.6. The Kier molecular flexibility index (Phi) is 12.8. The van der Waals surface area contributed by atoms with Crippen molar-refractivity contribution in [2.75, 3.05) is 19.8 Å². The van der Waals surface area contributed by atoms with E-state index in [4.69, 9.17) is 18.6 Å². The Hall–Kier alpha value is -1.65. The topological polar surface area (TPSA) is 139 Å². The minimum atomic E-state index is -1.47. The monoisotopic (exact) mass is 472 g/mol. The summed E-state index contributed by atoms with van der Waals surface area (Å²) in [6.07, 6.45) is 5.70. The molecule has 0 bridgehead atoms. The molecule has 33 heavy (non-hydrogen) atoms. The Labute approximate surface area is 195 Å². The van der Waals surface area contributed by atoms with Crippen LogP contribution in [0.1, 0.15) is 81.7 Å². The fraction of sp³-hybridized carbons (Fsp3) is 0.792. The molecule has 1 fully saturated rings. The minimum absolute atomic E-state index is 0.00545. The van der Waals surface area contributed by atoms with Gasteiger partial charge in [-0.25, -0.2) is 4.79 Å². The van der Waals surface area contributed by atoms with Crippen molar-refractivity contribution in [2.24, 2.45) is 0 Å². The number of unbranched alkanes of at least 4 members (excludes halogenated alkanes) is 9. The van der Waals surface area contributed by atoms with Gasteiger partial charge in [-0.2, -0.15) is 0 Å². The van der Waals surface area contributed by atoms with Crippen molar-refractivity contribution in [3.8, 4) is 5.95 Å². The Bertz CT molecular complexity index is 660. The highest BCUT2D eigenvalue weighted by Crippen LogP contribution is 2.23. The van der Waals surface area contributed by atoms with Crippen molar-refractivity contribution in [3.05, 3.63) is 17.9 Å². The quantitative estimate of drug-likeness (QED) is 0.211. The molecule has 1 aliphatic heterocycles. The lowest BCUT2D eigenvalue weighted by atomic mass is 9.95. The van der Waals surface area contributed by atoms with E-state index in [0.29, 0.717) is 6.61 Å². The molecule has 1 aromatic heterocycles.